The molecule has 0 saturated carbocycles. The molecule has 1 rings (SSSR count). The Morgan fingerprint density at radius 1 is 1.67 bits per heavy atom. The van der Waals surface area contributed by atoms with Gasteiger partial charge in [0, 0.05) is 12.7 Å². The molecule has 6 heteroatoms. The standard InChI is InChI=1S/C6H7NO4S/c1-3(8)7-4(5(9)10)2-12-6(7)11/h4H,2H2,1H3,(H,9,10)/t4-/m0/s1. The van der Waals surface area contributed by atoms with Crippen LogP contribution in [0.3, 0.4) is 0 Å². The lowest BCUT2D eigenvalue weighted by molar-refractivity contribution is -0.145. The Kier molecular flexibility index (Phi) is 2.37. The monoisotopic (exact) mass is 189 g/mol. The highest BCUT2D eigenvalue weighted by Crippen LogP contribution is 2.23. The summed E-state index contributed by atoms with van der Waals surface area (Å²) in [6.07, 6.45) is 0. The second-order valence-corrected chi connectivity index (χ2v) is 3.29. The normalized spacial score (nSPS) is 22.9. The number of carboxylic acid groups (broad SMARTS) is 1. The van der Waals surface area contributed by atoms with Gasteiger partial charge in [-0.1, -0.05) is 11.8 Å². The van der Waals surface area contributed by atoms with E-state index in [1.54, 1.807) is 0 Å². The third kappa shape index (κ3) is 1.42. The first kappa shape index (κ1) is 9.05. The molecule has 0 radical (unpaired) electrons. The SMILES string of the molecule is CC(=O)N1C(=O)SC[C@H]1C(=O)O. The van der Waals surface area contributed by atoms with Gasteiger partial charge in [0.15, 0.2) is 0 Å². The van der Waals surface area contributed by atoms with Crippen molar-refractivity contribution in [3.8, 4) is 0 Å². The fourth-order valence-corrected chi connectivity index (χ4v) is 1.94. The quantitative estimate of drug-likeness (QED) is 0.635. The maximum Gasteiger partial charge on any atom is 0.327 e. The van der Waals surface area contributed by atoms with Gasteiger partial charge in [0.25, 0.3) is 5.24 Å². The van der Waals surface area contributed by atoms with Crippen molar-refractivity contribution in [1.29, 1.82) is 0 Å². The van der Waals surface area contributed by atoms with Crippen LogP contribution >= 0.6 is 11.8 Å². The third-order valence-corrected chi connectivity index (χ3v) is 2.42. The molecule has 0 unspecified atom stereocenters. The predicted molar refractivity (Wildman–Crippen MR) is 41.8 cm³/mol. The Balaban J connectivity index is 2.84. The van der Waals surface area contributed by atoms with E-state index >= 15 is 0 Å². The van der Waals surface area contributed by atoms with Gasteiger partial charge in [0.05, 0.1) is 0 Å². The Bertz CT molecular complexity index is 252. The Labute approximate surface area is 72.7 Å². The number of nitrogens with zero attached hydrogens (tertiary/aromatic N) is 1. The van der Waals surface area contributed by atoms with Crippen LogP contribution in [0, 0.1) is 0 Å². The summed E-state index contributed by atoms with van der Waals surface area (Å²) in [6, 6.07) is -0.986. The summed E-state index contributed by atoms with van der Waals surface area (Å²) in [5, 5.41) is 8.11. The number of carbonyl (C=O) groups excluding carboxylic acids is 2. The molecule has 0 bridgehead atoms. The van der Waals surface area contributed by atoms with Gasteiger partial charge in [-0.05, 0) is 0 Å². The molecule has 0 aromatic rings. The van der Waals surface area contributed by atoms with Crippen LogP contribution in [-0.2, 0) is 9.59 Å². The molecule has 0 spiro atoms. The van der Waals surface area contributed by atoms with E-state index in [1.165, 1.54) is 6.92 Å². The second kappa shape index (κ2) is 3.14. The molecule has 1 saturated heterocycles. The van der Waals surface area contributed by atoms with E-state index in [0.29, 0.717) is 0 Å². The zero-order chi connectivity index (χ0) is 9.30. The van der Waals surface area contributed by atoms with Crippen LogP contribution in [0.15, 0.2) is 0 Å². The number of carbonyl (C=O) groups is 3. The second-order valence-electron chi connectivity index (χ2n) is 2.32. The molecule has 5 nitrogen and oxygen atoms in total. The smallest absolute Gasteiger partial charge is 0.327 e. The number of aliphatic carboxylic acids is 1. The molecule has 66 valence electrons. The van der Waals surface area contributed by atoms with Crippen molar-refractivity contribution < 1.29 is 19.5 Å². The third-order valence-electron chi connectivity index (χ3n) is 1.50. The van der Waals surface area contributed by atoms with Gasteiger partial charge in [-0.3, -0.25) is 14.5 Å². The molecule has 1 aliphatic heterocycles. The fraction of sp³-hybridized carbons (Fsp3) is 0.500. The minimum atomic E-state index is -1.14. The largest absolute Gasteiger partial charge is 0.480 e. The van der Waals surface area contributed by atoms with E-state index in [1.807, 2.05) is 0 Å². The molecule has 1 fully saturated rings. The summed E-state index contributed by atoms with van der Waals surface area (Å²) in [5.74, 6) is -1.51. The van der Waals surface area contributed by atoms with Crippen LogP contribution < -0.4 is 0 Å². The zero-order valence-corrected chi connectivity index (χ0v) is 7.13. The first-order valence-electron chi connectivity index (χ1n) is 3.23. The molecule has 0 aliphatic carbocycles. The minimum Gasteiger partial charge on any atom is -0.480 e. The highest BCUT2D eigenvalue weighted by atomic mass is 32.2. The van der Waals surface area contributed by atoms with Crippen molar-refractivity contribution in [3.05, 3.63) is 0 Å². The Hall–Kier alpha value is -1.04. The van der Waals surface area contributed by atoms with Crippen molar-refractivity contribution in [2.45, 2.75) is 13.0 Å². The van der Waals surface area contributed by atoms with Gasteiger partial charge in [0.1, 0.15) is 6.04 Å². The van der Waals surface area contributed by atoms with Gasteiger partial charge in [0.2, 0.25) is 5.91 Å². The van der Waals surface area contributed by atoms with Crippen LogP contribution in [-0.4, -0.2) is 38.9 Å². The van der Waals surface area contributed by atoms with E-state index in [4.69, 9.17) is 5.11 Å². The van der Waals surface area contributed by atoms with Crippen molar-refractivity contribution >= 4 is 28.9 Å². The van der Waals surface area contributed by atoms with Gasteiger partial charge >= 0.3 is 5.97 Å². The molecular formula is C6H7NO4S. The first-order valence-corrected chi connectivity index (χ1v) is 4.22. The fourth-order valence-electron chi connectivity index (χ4n) is 0.951. The molecule has 0 aromatic heterocycles. The van der Waals surface area contributed by atoms with Crippen molar-refractivity contribution in [2.75, 3.05) is 5.75 Å². The minimum absolute atomic E-state index is 0.147. The Morgan fingerprint density at radius 2 is 2.25 bits per heavy atom. The van der Waals surface area contributed by atoms with Crippen LogP contribution in [0.4, 0.5) is 4.79 Å². The first-order chi connectivity index (χ1) is 5.54. The number of hydrogen-bond acceptors (Lipinski definition) is 4. The highest BCUT2D eigenvalue weighted by Gasteiger charge is 2.39. The van der Waals surface area contributed by atoms with Gasteiger partial charge in [-0.15, -0.1) is 0 Å². The maximum atomic E-state index is 10.9. The Morgan fingerprint density at radius 3 is 2.58 bits per heavy atom. The average Bonchev–Trinajstić information content (AvgIpc) is 2.30. The summed E-state index contributed by atoms with van der Waals surface area (Å²) < 4.78 is 0. The van der Waals surface area contributed by atoms with Crippen LogP contribution in [0.2, 0.25) is 0 Å². The van der Waals surface area contributed by atoms with Crippen LogP contribution in [0.1, 0.15) is 6.92 Å². The number of amides is 2. The number of hydrogen-bond donors (Lipinski definition) is 1. The van der Waals surface area contributed by atoms with Crippen molar-refractivity contribution in [2.24, 2.45) is 0 Å². The summed E-state index contributed by atoms with van der Waals surface area (Å²) in [7, 11) is 0. The van der Waals surface area contributed by atoms with Crippen molar-refractivity contribution in [1.82, 2.24) is 4.90 Å². The lowest BCUT2D eigenvalue weighted by Gasteiger charge is -2.15. The number of thioether (sulfide) groups is 1. The maximum absolute atomic E-state index is 10.9. The molecular weight excluding hydrogens is 182 g/mol. The van der Waals surface area contributed by atoms with Gasteiger partial charge < -0.3 is 5.11 Å². The summed E-state index contributed by atoms with van der Waals surface area (Å²) in [6.45, 7) is 1.18. The van der Waals surface area contributed by atoms with Gasteiger partial charge in [-0.25, -0.2) is 4.79 Å². The van der Waals surface area contributed by atoms with E-state index in [9.17, 15) is 14.4 Å². The molecule has 0 aromatic carbocycles. The van der Waals surface area contributed by atoms with E-state index in [0.717, 1.165) is 16.7 Å². The molecule has 1 heterocycles. The van der Waals surface area contributed by atoms with Gasteiger partial charge in [-0.2, -0.15) is 0 Å². The lowest BCUT2D eigenvalue weighted by atomic mass is 10.3. The topological polar surface area (TPSA) is 74.7 Å². The summed E-state index contributed by atoms with van der Waals surface area (Å²) in [5.41, 5.74) is 0. The van der Waals surface area contributed by atoms with Crippen LogP contribution in [0.5, 0.6) is 0 Å². The van der Waals surface area contributed by atoms with E-state index in [-0.39, 0.29) is 5.75 Å². The van der Waals surface area contributed by atoms with E-state index < -0.39 is 23.2 Å². The number of rotatable bonds is 1. The zero-order valence-electron chi connectivity index (χ0n) is 6.31. The van der Waals surface area contributed by atoms with E-state index in [2.05, 4.69) is 0 Å². The molecule has 2 amide bonds. The predicted octanol–water partition coefficient (Wildman–Crippen LogP) is 0.155. The van der Waals surface area contributed by atoms with Crippen LogP contribution in [0.25, 0.3) is 0 Å². The number of imide groups is 1. The summed E-state index contributed by atoms with van der Waals surface area (Å²) in [4.78, 5) is 33.0. The molecule has 12 heavy (non-hydrogen) atoms. The average molecular weight is 189 g/mol. The molecule has 1 N–H and O–H groups in total. The number of carboxylic acids is 1. The highest BCUT2D eigenvalue weighted by molar-refractivity contribution is 8.14. The molecule has 1 aliphatic rings. The molecule has 1 atom stereocenters. The lowest BCUT2D eigenvalue weighted by Crippen LogP contribution is -2.42. The van der Waals surface area contributed by atoms with Crippen molar-refractivity contribution in [3.63, 3.8) is 0 Å². The summed E-state index contributed by atoms with van der Waals surface area (Å²) >= 11 is 0.855.